The van der Waals surface area contributed by atoms with E-state index in [-0.39, 0.29) is 17.3 Å². The van der Waals surface area contributed by atoms with Crippen molar-refractivity contribution in [2.45, 2.75) is 66.7 Å². The van der Waals surface area contributed by atoms with Gasteiger partial charge in [0.25, 0.3) is 0 Å². The summed E-state index contributed by atoms with van der Waals surface area (Å²) in [5.41, 5.74) is -0.314. The molecule has 0 amide bonds. The van der Waals surface area contributed by atoms with Gasteiger partial charge in [-0.25, -0.2) is 0 Å². The number of ketones is 1. The molecule has 0 N–H and O–H groups in total. The van der Waals surface area contributed by atoms with Crippen molar-refractivity contribution in [3.63, 3.8) is 0 Å². The number of carbonyl (C=O) groups is 2. The van der Waals surface area contributed by atoms with E-state index in [2.05, 4.69) is 13.8 Å². The van der Waals surface area contributed by atoms with E-state index in [4.69, 9.17) is 4.74 Å². The minimum absolute atomic E-state index is 0.128. The van der Waals surface area contributed by atoms with Crippen LogP contribution < -0.4 is 0 Å². The van der Waals surface area contributed by atoms with Gasteiger partial charge in [-0.05, 0) is 63.7 Å². The summed E-state index contributed by atoms with van der Waals surface area (Å²) >= 11 is 0. The van der Waals surface area contributed by atoms with Crippen LogP contribution in [0.15, 0.2) is 0 Å². The average Bonchev–Trinajstić information content (AvgIpc) is 2.73. The number of fused-ring (bicyclic) bond motifs is 1. The van der Waals surface area contributed by atoms with Crippen LogP contribution >= 0.6 is 0 Å². The molecule has 0 bridgehead atoms. The van der Waals surface area contributed by atoms with Crippen LogP contribution in [0.25, 0.3) is 0 Å². The van der Waals surface area contributed by atoms with Crippen LogP contribution in [0.4, 0.5) is 0 Å². The van der Waals surface area contributed by atoms with E-state index in [0.717, 1.165) is 32.1 Å². The lowest BCUT2D eigenvalue weighted by molar-refractivity contribution is -0.155. The molecule has 2 fully saturated rings. The molecule has 2 saturated carbocycles. The molecular formula is C18H30O3. The summed E-state index contributed by atoms with van der Waals surface area (Å²) in [6.07, 6.45) is 5.06. The lowest BCUT2D eigenvalue weighted by atomic mass is 9.62. The third kappa shape index (κ3) is 3.17. The Labute approximate surface area is 128 Å². The van der Waals surface area contributed by atoms with Crippen LogP contribution in [0.5, 0.6) is 0 Å². The normalized spacial score (nSPS) is 34.4. The summed E-state index contributed by atoms with van der Waals surface area (Å²) in [4.78, 5) is 24.1. The van der Waals surface area contributed by atoms with Crippen LogP contribution in [-0.2, 0) is 14.3 Å². The summed E-state index contributed by atoms with van der Waals surface area (Å²) < 4.78 is 5.51. The summed E-state index contributed by atoms with van der Waals surface area (Å²) in [5, 5.41) is 0. The zero-order valence-corrected chi connectivity index (χ0v) is 14.2. The van der Waals surface area contributed by atoms with Gasteiger partial charge in [0, 0.05) is 12.3 Å². The summed E-state index contributed by atoms with van der Waals surface area (Å²) in [6, 6.07) is 0. The summed E-state index contributed by atoms with van der Waals surface area (Å²) in [6.45, 7) is 10.6. The predicted molar refractivity (Wildman–Crippen MR) is 82.8 cm³/mol. The lowest BCUT2D eigenvalue weighted by Gasteiger charge is -2.42. The molecule has 2 aliphatic carbocycles. The van der Waals surface area contributed by atoms with Gasteiger partial charge in [-0.15, -0.1) is 0 Å². The lowest BCUT2D eigenvalue weighted by Crippen LogP contribution is -2.40. The van der Waals surface area contributed by atoms with Gasteiger partial charge in [0.15, 0.2) is 0 Å². The Bertz CT molecular complexity index is 421. The first-order valence-electron chi connectivity index (χ1n) is 8.36. The van der Waals surface area contributed by atoms with Crippen molar-refractivity contribution >= 4 is 11.8 Å². The molecule has 0 spiro atoms. The number of Topliss-reactive ketones (excluding diaryl/α,β-unsaturated/α-hetero) is 1. The summed E-state index contributed by atoms with van der Waals surface area (Å²) in [5.74, 6) is 1.41. The van der Waals surface area contributed by atoms with Gasteiger partial charge in [-0.1, -0.05) is 13.8 Å². The molecular weight excluding hydrogens is 264 g/mol. The topological polar surface area (TPSA) is 43.4 Å². The fourth-order valence-corrected chi connectivity index (χ4v) is 4.44. The highest BCUT2D eigenvalue weighted by Crippen LogP contribution is 2.56. The number of ether oxygens (including phenoxy) is 1. The summed E-state index contributed by atoms with van der Waals surface area (Å²) in [7, 11) is 0. The molecule has 0 saturated heterocycles. The Morgan fingerprint density at radius 3 is 2.67 bits per heavy atom. The van der Waals surface area contributed by atoms with Gasteiger partial charge in [0.05, 0.1) is 12.0 Å². The molecule has 3 nitrogen and oxygen atoms in total. The first kappa shape index (κ1) is 16.5. The molecule has 0 aromatic rings. The van der Waals surface area contributed by atoms with Crippen LogP contribution in [-0.4, -0.2) is 18.4 Å². The van der Waals surface area contributed by atoms with Crippen molar-refractivity contribution in [3.8, 4) is 0 Å². The SMILES string of the molecule is C[C@@H](COC(=O)C(C)(C)C)[C@H]1CC[C@H]2C(=O)CCC[C@@]12C. The third-order valence-corrected chi connectivity index (χ3v) is 5.71. The van der Waals surface area contributed by atoms with Crippen molar-refractivity contribution in [1.29, 1.82) is 0 Å². The molecule has 0 heterocycles. The quantitative estimate of drug-likeness (QED) is 0.739. The highest BCUT2D eigenvalue weighted by Gasteiger charge is 2.52. The molecule has 2 rings (SSSR count). The second kappa shape index (κ2) is 5.73. The Hall–Kier alpha value is -0.860. The van der Waals surface area contributed by atoms with Crippen molar-refractivity contribution in [3.05, 3.63) is 0 Å². The van der Waals surface area contributed by atoms with E-state index in [9.17, 15) is 9.59 Å². The molecule has 120 valence electrons. The minimum atomic E-state index is -0.442. The largest absolute Gasteiger partial charge is 0.465 e. The average molecular weight is 294 g/mol. The Kier molecular flexibility index (Phi) is 4.51. The van der Waals surface area contributed by atoms with Gasteiger partial charge in [0.1, 0.15) is 5.78 Å². The number of esters is 1. The molecule has 21 heavy (non-hydrogen) atoms. The standard InChI is InChI=1S/C18H30O3/c1-12(11-21-16(20)17(2,3)4)13-8-9-14-15(19)7-6-10-18(13,14)5/h12-14H,6-11H2,1-5H3/t12-,13+,14-,18-/m0/s1. The molecule has 0 unspecified atom stereocenters. The van der Waals surface area contributed by atoms with E-state index in [0.29, 0.717) is 24.2 Å². The molecule has 2 aliphatic rings. The smallest absolute Gasteiger partial charge is 0.311 e. The third-order valence-electron chi connectivity index (χ3n) is 5.71. The molecule has 0 aromatic heterocycles. The Morgan fingerprint density at radius 2 is 2.05 bits per heavy atom. The second-order valence-corrected chi connectivity index (χ2v) is 8.39. The maximum atomic E-state index is 12.2. The highest BCUT2D eigenvalue weighted by molar-refractivity contribution is 5.83. The number of carbonyl (C=O) groups excluding carboxylic acids is 2. The maximum Gasteiger partial charge on any atom is 0.311 e. The van der Waals surface area contributed by atoms with E-state index < -0.39 is 5.41 Å². The van der Waals surface area contributed by atoms with Crippen LogP contribution in [0.1, 0.15) is 66.7 Å². The van der Waals surface area contributed by atoms with Gasteiger partial charge in [-0.2, -0.15) is 0 Å². The number of rotatable bonds is 3. The number of hydrogen-bond donors (Lipinski definition) is 0. The van der Waals surface area contributed by atoms with Crippen LogP contribution in [0.2, 0.25) is 0 Å². The Balaban J connectivity index is 1.98. The zero-order chi connectivity index (χ0) is 15.8. The molecule has 4 atom stereocenters. The monoisotopic (exact) mass is 294 g/mol. The Morgan fingerprint density at radius 1 is 1.38 bits per heavy atom. The molecule has 0 radical (unpaired) electrons. The second-order valence-electron chi connectivity index (χ2n) is 8.39. The molecule has 3 heteroatoms. The van der Waals surface area contributed by atoms with Crippen molar-refractivity contribution in [1.82, 2.24) is 0 Å². The van der Waals surface area contributed by atoms with Crippen LogP contribution in [0, 0.1) is 28.6 Å². The van der Waals surface area contributed by atoms with Gasteiger partial charge >= 0.3 is 5.97 Å². The van der Waals surface area contributed by atoms with E-state index >= 15 is 0 Å². The predicted octanol–water partition coefficient (Wildman–Crippen LogP) is 4.00. The van der Waals surface area contributed by atoms with Crippen molar-refractivity contribution in [2.24, 2.45) is 28.6 Å². The van der Waals surface area contributed by atoms with E-state index in [1.54, 1.807) is 0 Å². The fourth-order valence-electron chi connectivity index (χ4n) is 4.44. The van der Waals surface area contributed by atoms with Crippen molar-refractivity contribution in [2.75, 3.05) is 6.61 Å². The van der Waals surface area contributed by atoms with Crippen LogP contribution in [0.3, 0.4) is 0 Å². The van der Waals surface area contributed by atoms with Crippen molar-refractivity contribution < 1.29 is 14.3 Å². The fraction of sp³-hybridized carbons (Fsp3) is 0.889. The maximum absolute atomic E-state index is 12.2. The van der Waals surface area contributed by atoms with E-state index in [1.807, 2.05) is 20.8 Å². The first-order valence-corrected chi connectivity index (χ1v) is 8.36. The minimum Gasteiger partial charge on any atom is -0.465 e. The van der Waals surface area contributed by atoms with E-state index in [1.165, 1.54) is 0 Å². The zero-order valence-electron chi connectivity index (χ0n) is 14.2. The van der Waals surface area contributed by atoms with Gasteiger partial charge < -0.3 is 4.74 Å². The van der Waals surface area contributed by atoms with Gasteiger partial charge in [-0.3, -0.25) is 9.59 Å². The first-order chi connectivity index (χ1) is 9.66. The molecule has 0 aliphatic heterocycles. The number of hydrogen-bond acceptors (Lipinski definition) is 3. The highest BCUT2D eigenvalue weighted by atomic mass is 16.5. The van der Waals surface area contributed by atoms with Gasteiger partial charge in [0.2, 0.25) is 0 Å². The molecule has 0 aromatic carbocycles.